The fourth-order valence-electron chi connectivity index (χ4n) is 2.54. The molecule has 1 atom stereocenters. The number of hydrogen-bond acceptors (Lipinski definition) is 4. The van der Waals surface area contributed by atoms with Crippen molar-refractivity contribution in [3.05, 3.63) is 59.6 Å². The van der Waals surface area contributed by atoms with E-state index in [4.69, 9.17) is 11.6 Å². The van der Waals surface area contributed by atoms with Gasteiger partial charge in [-0.05, 0) is 37.6 Å². The van der Waals surface area contributed by atoms with Crippen molar-refractivity contribution >= 4 is 29.3 Å². The molecule has 0 saturated heterocycles. The zero-order valence-corrected chi connectivity index (χ0v) is 16.8. The molecule has 7 heteroatoms. The van der Waals surface area contributed by atoms with Crippen molar-refractivity contribution in [2.75, 3.05) is 5.75 Å². The number of rotatable bonds is 7. The highest BCUT2D eigenvalue weighted by Gasteiger charge is 2.19. The minimum Gasteiger partial charge on any atom is -0.353 e. The number of benzene rings is 2. The third-order valence-electron chi connectivity index (χ3n) is 4.11. The molecule has 0 aliphatic heterocycles. The van der Waals surface area contributed by atoms with E-state index < -0.39 is 0 Å². The van der Waals surface area contributed by atoms with Gasteiger partial charge in [-0.15, -0.1) is 10.2 Å². The number of amides is 1. The second-order valence-corrected chi connectivity index (χ2v) is 7.47. The fraction of sp³-hybridized carbons (Fsp3) is 0.250. The Morgan fingerprint density at radius 2 is 1.85 bits per heavy atom. The highest BCUT2D eigenvalue weighted by Crippen LogP contribution is 2.31. The van der Waals surface area contributed by atoms with Crippen LogP contribution in [0.2, 0.25) is 5.02 Å². The van der Waals surface area contributed by atoms with E-state index in [2.05, 4.69) is 15.5 Å². The lowest BCUT2D eigenvalue weighted by atomic mass is 10.2. The maximum Gasteiger partial charge on any atom is 0.230 e. The Hall–Kier alpha value is -2.31. The number of para-hydroxylation sites is 1. The Morgan fingerprint density at radius 1 is 1.15 bits per heavy atom. The van der Waals surface area contributed by atoms with Crippen LogP contribution in [0.25, 0.3) is 17.1 Å². The summed E-state index contributed by atoms with van der Waals surface area (Å²) in [6.45, 7) is 4.03. The number of carbonyl (C=O) groups is 1. The number of halogens is 1. The maximum absolute atomic E-state index is 12.2. The summed E-state index contributed by atoms with van der Waals surface area (Å²) in [7, 11) is 0. The van der Waals surface area contributed by atoms with Crippen LogP contribution in [0, 0.1) is 0 Å². The lowest BCUT2D eigenvalue weighted by molar-refractivity contribution is -0.119. The second kappa shape index (κ2) is 9.06. The lowest BCUT2D eigenvalue weighted by Gasteiger charge is -2.12. The van der Waals surface area contributed by atoms with E-state index in [1.165, 1.54) is 11.8 Å². The van der Waals surface area contributed by atoms with Crippen molar-refractivity contribution in [3.8, 4) is 17.1 Å². The standard InChI is InChI=1S/C20H21ClN4OS/c1-3-14(2)22-18(26)13-27-20-24-23-19(16-11-7-8-12-17(16)21)25(20)15-9-5-4-6-10-15/h4-12,14H,3,13H2,1-2H3,(H,22,26)/t14-/m1/s1. The van der Waals surface area contributed by atoms with E-state index in [0.717, 1.165) is 17.7 Å². The molecule has 0 spiro atoms. The van der Waals surface area contributed by atoms with Crippen molar-refractivity contribution in [2.24, 2.45) is 0 Å². The van der Waals surface area contributed by atoms with Crippen LogP contribution in [0.4, 0.5) is 0 Å². The van der Waals surface area contributed by atoms with Gasteiger partial charge in [0.1, 0.15) is 0 Å². The van der Waals surface area contributed by atoms with Gasteiger partial charge in [-0.2, -0.15) is 0 Å². The Morgan fingerprint density at radius 3 is 2.56 bits per heavy atom. The molecule has 1 heterocycles. The molecule has 140 valence electrons. The first kappa shape index (κ1) is 19.5. The molecule has 0 saturated carbocycles. The number of nitrogens with one attached hydrogen (secondary N) is 1. The van der Waals surface area contributed by atoms with Crippen LogP contribution in [0.1, 0.15) is 20.3 Å². The van der Waals surface area contributed by atoms with Crippen molar-refractivity contribution in [3.63, 3.8) is 0 Å². The molecule has 0 aliphatic carbocycles. The molecule has 1 N–H and O–H groups in total. The Bertz CT molecular complexity index is 913. The maximum atomic E-state index is 12.2. The molecular formula is C20H21ClN4OS. The average molecular weight is 401 g/mol. The molecule has 1 aromatic heterocycles. The predicted octanol–water partition coefficient (Wildman–Crippen LogP) is 4.59. The van der Waals surface area contributed by atoms with Gasteiger partial charge in [0.05, 0.1) is 10.8 Å². The van der Waals surface area contributed by atoms with Gasteiger partial charge in [0, 0.05) is 17.3 Å². The third kappa shape index (κ3) is 4.70. The molecule has 27 heavy (non-hydrogen) atoms. The molecule has 5 nitrogen and oxygen atoms in total. The van der Waals surface area contributed by atoms with E-state index >= 15 is 0 Å². The molecule has 1 amide bonds. The molecule has 0 radical (unpaired) electrons. The van der Waals surface area contributed by atoms with Crippen LogP contribution in [0.5, 0.6) is 0 Å². The molecule has 0 bridgehead atoms. The van der Waals surface area contributed by atoms with Gasteiger partial charge >= 0.3 is 0 Å². The number of nitrogens with zero attached hydrogens (tertiary/aromatic N) is 3. The summed E-state index contributed by atoms with van der Waals surface area (Å²) in [5, 5.41) is 12.9. The van der Waals surface area contributed by atoms with E-state index in [1.807, 2.05) is 73.0 Å². The number of aromatic nitrogens is 3. The van der Waals surface area contributed by atoms with Crippen LogP contribution in [0.15, 0.2) is 59.8 Å². The zero-order chi connectivity index (χ0) is 19.2. The van der Waals surface area contributed by atoms with Gasteiger partial charge in [-0.3, -0.25) is 9.36 Å². The summed E-state index contributed by atoms with van der Waals surface area (Å²) in [5.74, 6) is 0.908. The summed E-state index contributed by atoms with van der Waals surface area (Å²) >= 11 is 7.73. The van der Waals surface area contributed by atoms with Crippen molar-refractivity contribution < 1.29 is 4.79 Å². The quantitative estimate of drug-likeness (QED) is 0.589. The first-order valence-corrected chi connectivity index (χ1v) is 10.1. The van der Waals surface area contributed by atoms with Crippen molar-refractivity contribution in [2.45, 2.75) is 31.5 Å². The normalized spacial score (nSPS) is 12.0. The van der Waals surface area contributed by atoms with Crippen LogP contribution in [0.3, 0.4) is 0 Å². The monoisotopic (exact) mass is 400 g/mol. The van der Waals surface area contributed by atoms with E-state index in [-0.39, 0.29) is 17.7 Å². The summed E-state index contributed by atoms with van der Waals surface area (Å²) in [6, 6.07) is 17.5. The fourth-order valence-corrected chi connectivity index (χ4v) is 3.52. The molecule has 0 aliphatic rings. The molecule has 0 fully saturated rings. The van der Waals surface area contributed by atoms with E-state index in [9.17, 15) is 4.79 Å². The van der Waals surface area contributed by atoms with Crippen molar-refractivity contribution in [1.29, 1.82) is 0 Å². The van der Waals surface area contributed by atoms with E-state index in [0.29, 0.717) is 16.0 Å². The van der Waals surface area contributed by atoms with Crippen LogP contribution in [-0.2, 0) is 4.79 Å². The van der Waals surface area contributed by atoms with Gasteiger partial charge in [-0.1, -0.05) is 60.6 Å². The molecule has 3 rings (SSSR count). The predicted molar refractivity (Wildman–Crippen MR) is 110 cm³/mol. The summed E-state index contributed by atoms with van der Waals surface area (Å²) < 4.78 is 1.93. The zero-order valence-electron chi connectivity index (χ0n) is 15.2. The molecule has 2 aromatic carbocycles. The van der Waals surface area contributed by atoms with Gasteiger partial charge < -0.3 is 5.32 Å². The van der Waals surface area contributed by atoms with Gasteiger partial charge in [0.15, 0.2) is 11.0 Å². The minimum atomic E-state index is -0.0174. The number of carbonyl (C=O) groups excluding carboxylic acids is 1. The average Bonchev–Trinajstić information content (AvgIpc) is 3.11. The summed E-state index contributed by atoms with van der Waals surface area (Å²) in [5.41, 5.74) is 1.72. The Labute approximate surface area is 168 Å². The summed E-state index contributed by atoms with van der Waals surface area (Å²) in [6.07, 6.45) is 0.896. The molecule has 3 aromatic rings. The highest BCUT2D eigenvalue weighted by molar-refractivity contribution is 7.99. The SMILES string of the molecule is CC[C@@H](C)NC(=O)CSc1nnc(-c2ccccc2Cl)n1-c1ccccc1. The largest absolute Gasteiger partial charge is 0.353 e. The van der Waals surface area contributed by atoms with Gasteiger partial charge in [-0.25, -0.2) is 0 Å². The van der Waals surface area contributed by atoms with E-state index in [1.54, 1.807) is 0 Å². The third-order valence-corrected chi connectivity index (χ3v) is 5.37. The molecule has 0 unspecified atom stereocenters. The smallest absolute Gasteiger partial charge is 0.230 e. The Balaban J connectivity index is 1.93. The van der Waals surface area contributed by atoms with Crippen LogP contribution >= 0.6 is 23.4 Å². The van der Waals surface area contributed by atoms with Gasteiger partial charge in [0.25, 0.3) is 0 Å². The van der Waals surface area contributed by atoms with Crippen LogP contribution < -0.4 is 5.32 Å². The Kier molecular flexibility index (Phi) is 6.53. The first-order chi connectivity index (χ1) is 13.1. The number of thioether (sulfide) groups is 1. The topological polar surface area (TPSA) is 59.8 Å². The molecular weight excluding hydrogens is 380 g/mol. The van der Waals surface area contributed by atoms with Crippen LogP contribution in [-0.4, -0.2) is 32.5 Å². The van der Waals surface area contributed by atoms with Gasteiger partial charge in [0.2, 0.25) is 5.91 Å². The summed E-state index contributed by atoms with van der Waals surface area (Å²) in [4.78, 5) is 12.2. The van der Waals surface area contributed by atoms with Crippen molar-refractivity contribution in [1.82, 2.24) is 20.1 Å². The minimum absolute atomic E-state index is 0.0174. The first-order valence-electron chi connectivity index (χ1n) is 8.78. The number of hydrogen-bond donors (Lipinski definition) is 1. The second-order valence-electron chi connectivity index (χ2n) is 6.12. The highest BCUT2D eigenvalue weighted by atomic mass is 35.5. The lowest BCUT2D eigenvalue weighted by Crippen LogP contribution is -2.33.